The third kappa shape index (κ3) is 2.59. The van der Waals surface area contributed by atoms with Crippen molar-refractivity contribution in [2.75, 3.05) is 0 Å². The fraction of sp³-hybridized carbons (Fsp3) is 0.364. The molecule has 92 valence electrons. The van der Waals surface area contributed by atoms with Crippen LogP contribution < -0.4 is 0 Å². The van der Waals surface area contributed by atoms with Gasteiger partial charge in [0.05, 0.1) is 16.4 Å². The second-order valence-electron chi connectivity index (χ2n) is 4.28. The maximum atomic E-state index is 11.0. The van der Waals surface area contributed by atoms with Gasteiger partial charge < -0.3 is 10.2 Å². The highest BCUT2D eigenvalue weighted by molar-refractivity contribution is 5.74. The van der Waals surface area contributed by atoms with Crippen LogP contribution in [0.4, 0.5) is 5.69 Å². The van der Waals surface area contributed by atoms with E-state index < -0.39 is 22.4 Å². The Bertz CT molecular complexity index is 455. The van der Waals surface area contributed by atoms with Crippen molar-refractivity contribution in [3.05, 3.63) is 39.9 Å². The number of nitro benzene ring substituents is 1. The van der Waals surface area contributed by atoms with Crippen LogP contribution in [0.1, 0.15) is 25.5 Å². The first-order chi connectivity index (χ1) is 7.76. The fourth-order valence-electron chi connectivity index (χ4n) is 1.34. The van der Waals surface area contributed by atoms with E-state index in [0.29, 0.717) is 0 Å². The van der Waals surface area contributed by atoms with Crippen molar-refractivity contribution < 1.29 is 19.9 Å². The third-order valence-corrected chi connectivity index (χ3v) is 2.63. The van der Waals surface area contributed by atoms with Crippen LogP contribution in [-0.2, 0) is 4.79 Å². The van der Waals surface area contributed by atoms with Gasteiger partial charge in [-0.3, -0.25) is 14.9 Å². The highest BCUT2D eigenvalue weighted by Crippen LogP contribution is 2.34. The van der Waals surface area contributed by atoms with E-state index in [0.717, 1.165) is 0 Å². The van der Waals surface area contributed by atoms with Crippen LogP contribution in [0.3, 0.4) is 0 Å². The monoisotopic (exact) mass is 239 g/mol. The molecule has 0 aliphatic rings. The zero-order valence-corrected chi connectivity index (χ0v) is 9.45. The number of carboxylic acid groups (broad SMARTS) is 1. The summed E-state index contributed by atoms with van der Waals surface area (Å²) in [6, 6.07) is 5.33. The van der Waals surface area contributed by atoms with Gasteiger partial charge in [-0.15, -0.1) is 0 Å². The number of nitrogens with zero attached hydrogens (tertiary/aromatic N) is 1. The van der Waals surface area contributed by atoms with E-state index in [1.54, 1.807) is 0 Å². The molecule has 0 heterocycles. The van der Waals surface area contributed by atoms with Crippen LogP contribution in [-0.4, -0.2) is 21.1 Å². The van der Waals surface area contributed by atoms with Crippen LogP contribution in [0.25, 0.3) is 0 Å². The van der Waals surface area contributed by atoms with Crippen molar-refractivity contribution in [1.82, 2.24) is 0 Å². The van der Waals surface area contributed by atoms with E-state index in [4.69, 9.17) is 5.11 Å². The summed E-state index contributed by atoms with van der Waals surface area (Å²) in [5.41, 5.74) is -1.37. The summed E-state index contributed by atoms with van der Waals surface area (Å²) < 4.78 is 0. The van der Waals surface area contributed by atoms with Gasteiger partial charge in [0.15, 0.2) is 0 Å². The lowest BCUT2D eigenvalue weighted by Crippen LogP contribution is -2.31. The number of aliphatic carboxylic acids is 1. The second-order valence-corrected chi connectivity index (χ2v) is 4.28. The van der Waals surface area contributed by atoms with Gasteiger partial charge in [-0.1, -0.05) is 12.1 Å². The number of aliphatic hydroxyl groups is 1. The Balaban J connectivity index is 3.13. The molecule has 1 atom stereocenters. The summed E-state index contributed by atoms with van der Waals surface area (Å²) in [5, 5.41) is 29.4. The molecule has 0 saturated heterocycles. The number of hydrogen-bond acceptors (Lipinski definition) is 4. The van der Waals surface area contributed by atoms with Crippen molar-refractivity contribution >= 4 is 11.7 Å². The van der Waals surface area contributed by atoms with Crippen molar-refractivity contribution in [1.29, 1.82) is 0 Å². The Hall–Kier alpha value is -1.95. The lowest BCUT2D eigenvalue weighted by atomic mass is 9.83. The van der Waals surface area contributed by atoms with Crippen molar-refractivity contribution in [2.45, 2.75) is 20.0 Å². The Morgan fingerprint density at radius 3 is 2.53 bits per heavy atom. The molecule has 0 radical (unpaired) electrons. The van der Waals surface area contributed by atoms with Gasteiger partial charge in [-0.2, -0.15) is 0 Å². The maximum Gasteiger partial charge on any atom is 0.312 e. The van der Waals surface area contributed by atoms with E-state index in [2.05, 4.69) is 0 Å². The first kappa shape index (κ1) is 13.1. The Kier molecular flexibility index (Phi) is 3.47. The van der Waals surface area contributed by atoms with Crippen LogP contribution in [0.2, 0.25) is 0 Å². The minimum absolute atomic E-state index is 0.178. The molecule has 1 unspecified atom stereocenters. The lowest BCUT2D eigenvalue weighted by Gasteiger charge is -2.25. The number of aliphatic hydroxyl groups excluding tert-OH is 1. The van der Waals surface area contributed by atoms with Crippen LogP contribution in [0.15, 0.2) is 24.3 Å². The predicted molar refractivity (Wildman–Crippen MR) is 59.5 cm³/mol. The number of non-ortho nitro benzene ring substituents is 1. The lowest BCUT2D eigenvalue weighted by molar-refractivity contribution is -0.385. The van der Waals surface area contributed by atoms with Crippen LogP contribution >= 0.6 is 0 Å². The normalized spacial score (nSPS) is 13.1. The van der Waals surface area contributed by atoms with Gasteiger partial charge in [-0.05, 0) is 19.4 Å². The van der Waals surface area contributed by atoms with Gasteiger partial charge in [0, 0.05) is 12.1 Å². The number of hydrogen-bond donors (Lipinski definition) is 2. The zero-order chi connectivity index (χ0) is 13.2. The summed E-state index contributed by atoms with van der Waals surface area (Å²) in [6.45, 7) is 2.72. The molecule has 1 aromatic rings. The van der Waals surface area contributed by atoms with E-state index in [1.165, 1.54) is 38.1 Å². The molecule has 0 spiro atoms. The molecule has 0 aromatic heterocycles. The largest absolute Gasteiger partial charge is 0.481 e. The smallest absolute Gasteiger partial charge is 0.312 e. The van der Waals surface area contributed by atoms with Crippen molar-refractivity contribution in [3.8, 4) is 0 Å². The van der Waals surface area contributed by atoms with Gasteiger partial charge in [-0.25, -0.2) is 0 Å². The molecule has 0 fully saturated rings. The zero-order valence-electron chi connectivity index (χ0n) is 9.45. The van der Waals surface area contributed by atoms with Gasteiger partial charge in [0.2, 0.25) is 0 Å². The third-order valence-electron chi connectivity index (χ3n) is 2.63. The molecule has 0 amide bonds. The first-order valence-electron chi connectivity index (χ1n) is 4.92. The minimum atomic E-state index is -1.41. The molecule has 1 rings (SSSR count). The number of carboxylic acids is 1. The molecule has 0 aliphatic heterocycles. The highest BCUT2D eigenvalue weighted by Gasteiger charge is 2.37. The molecular formula is C11H13NO5. The van der Waals surface area contributed by atoms with E-state index >= 15 is 0 Å². The molecule has 0 saturated carbocycles. The molecule has 1 aromatic carbocycles. The summed E-state index contributed by atoms with van der Waals surface area (Å²) in [7, 11) is 0. The number of rotatable bonds is 4. The summed E-state index contributed by atoms with van der Waals surface area (Å²) >= 11 is 0. The van der Waals surface area contributed by atoms with Gasteiger partial charge in [0.25, 0.3) is 5.69 Å². The summed E-state index contributed by atoms with van der Waals surface area (Å²) in [4.78, 5) is 20.9. The molecule has 6 nitrogen and oxygen atoms in total. The number of benzene rings is 1. The SMILES string of the molecule is CC(C)(C(=O)O)C(O)c1cccc([N+](=O)[O-])c1. The number of carbonyl (C=O) groups is 1. The number of nitro groups is 1. The maximum absolute atomic E-state index is 11.0. The molecule has 0 aliphatic carbocycles. The second kappa shape index (κ2) is 4.50. The summed E-state index contributed by atoms with van der Waals surface area (Å²) in [6.07, 6.45) is -1.31. The predicted octanol–water partition coefficient (Wildman–Crippen LogP) is 1.74. The van der Waals surface area contributed by atoms with Crippen molar-refractivity contribution in [3.63, 3.8) is 0 Å². The Labute approximate surface area is 97.7 Å². The quantitative estimate of drug-likeness (QED) is 0.615. The molecule has 6 heteroatoms. The summed E-state index contributed by atoms with van der Waals surface area (Å²) in [5.74, 6) is -1.17. The van der Waals surface area contributed by atoms with Crippen LogP contribution in [0.5, 0.6) is 0 Å². The Morgan fingerprint density at radius 2 is 2.06 bits per heavy atom. The van der Waals surface area contributed by atoms with E-state index in [1.807, 2.05) is 0 Å². The Morgan fingerprint density at radius 1 is 1.47 bits per heavy atom. The van der Waals surface area contributed by atoms with Crippen molar-refractivity contribution in [2.24, 2.45) is 5.41 Å². The highest BCUT2D eigenvalue weighted by atomic mass is 16.6. The molecular weight excluding hydrogens is 226 g/mol. The average molecular weight is 239 g/mol. The molecule has 2 N–H and O–H groups in total. The van der Waals surface area contributed by atoms with E-state index in [9.17, 15) is 20.0 Å². The topological polar surface area (TPSA) is 101 Å². The minimum Gasteiger partial charge on any atom is -0.481 e. The van der Waals surface area contributed by atoms with Crippen LogP contribution in [0, 0.1) is 15.5 Å². The fourth-order valence-corrected chi connectivity index (χ4v) is 1.34. The molecule has 0 bridgehead atoms. The standard InChI is InChI=1S/C11H13NO5/c1-11(2,10(14)15)9(13)7-4-3-5-8(6-7)12(16)17/h3-6,9,13H,1-2H3,(H,14,15). The average Bonchev–Trinajstić information content (AvgIpc) is 2.27. The first-order valence-corrected chi connectivity index (χ1v) is 4.92. The molecule has 17 heavy (non-hydrogen) atoms. The van der Waals surface area contributed by atoms with E-state index in [-0.39, 0.29) is 11.3 Å². The van der Waals surface area contributed by atoms with Gasteiger partial charge in [0.1, 0.15) is 0 Å². The van der Waals surface area contributed by atoms with Gasteiger partial charge >= 0.3 is 5.97 Å².